The van der Waals surface area contributed by atoms with Gasteiger partial charge in [0.1, 0.15) is 11.6 Å². The first-order valence-corrected chi connectivity index (χ1v) is 9.21. The molecule has 2 aromatic carbocycles. The highest BCUT2D eigenvalue weighted by molar-refractivity contribution is 6.30. The lowest BCUT2D eigenvalue weighted by Crippen LogP contribution is -2.43. The average molecular weight is 387 g/mol. The second-order valence-electron chi connectivity index (χ2n) is 7.40. The molecule has 1 aliphatic carbocycles. The molecule has 1 aliphatic heterocycles. The second-order valence-corrected chi connectivity index (χ2v) is 7.40. The monoisotopic (exact) mass is 387 g/mol. The molecule has 29 heavy (non-hydrogen) atoms. The van der Waals surface area contributed by atoms with E-state index in [0.29, 0.717) is 22.4 Å². The third-order valence-electron chi connectivity index (χ3n) is 5.84. The van der Waals surface area contributed by atoms with E-state index in [0.717, 1.165) is 10.1 Å². The van der Waals surface area contributed by atoms with Gasteiger partial charge in [-0.3, -0.25) is 18.7 Å². The minimum atomic E-state index is -0.658. The molecular weight excluding hydrogens is 370 g/mol. The van der Waals surface area contributed by atoms with Crippen molar-refractivity contribution in [2.45, 2.75) is 5.92 Å². The summed E-state index contributed by atoms with van der Waals surface area (Å²) in [5.41, 5.74) is 1.94. The van der Waals surface area contributed by atoms with Gasteiger partial charge in [-0.2, -0.15) is 0 Å². The molecule has 0 bridgehead atoms. The second kappa shape index (κ2) is 5.88. The van der Waals surface area contributed by atoms with Gasteiger partial charge in [-0.15, -0.1) is 0 Å². The lowest BCUT2D eigenvalue weighted by Gasteiger charge is -2.29. The van der Waals surface area contributed by atoms with Gasteiger partial charge < -0.3 is 5.11 Å². The van der Waals surface area contributed by atoms with E-state index in [9.17, 15) is 19.5 Å². The molecule has 7 heteroatoms. The number of hydrogen-bond acceptors (Lipinski definition) is 5. The molecule has 0 unspecified atom stereocenters. The molecule has 0 saturated heterocycles. The summed E-state index contributed by atoms with van der Waals surface area (Å²) >= 11 is 0. The van der Waals surface area contributed by atoms with Crippen molar-refractivity contribution < 1.29 is 9.90 Å². The fraction of sp³-hybridized carbons (Fsp3) is 0.182. The maximum Gasteiger partial charge on any atom is 0.332 e. The number of carbonyl (C=O) groups is 1. The summed E-state index contributed by atoms with van der Waals surface area (Å²) in [6.07, 6.45) is 0. The summed E-state index contributed by atoms with van der Waals surface area (Å²) in [7, 11) is 2.99. The minimum Gasteiger partial charge on any atom is -0.508 e. The Labute approximate surface area is 165 Å². The van der Waals surface area contributed by atoms with Crippen LogP contribution in [0.5, 0.6) is 5.75 Å². The number of aliphatic imine (C=N–C) groups is 1. The standard InChI is InChI=1S/C22H17N3O4/c1-24-20-17(21(28)25(2)22(24)29)15(11-7-9-12(26)10-8-11)16-18(23-20)13-5-3-4-6-14(13)19(16)27/h3-10,15-16,26H,1-2H3/t15-,16-/m0/s1. The summed E-state index contributed by atoms with van der Waals surface area (Å²) in [5.74, 6) is -1.00. The predicted octanol–water partition coefficient (Wildman–Crippen LogP) is 1.87. The van der Waals surface area contributed by atoms with Gasteiger partial charge in [0.2, 0.25) is 0 Å². The Bertz CT molecular complexity index is 1350. The number of aromatic nitrogens is 2. The van der Waals surface area contributed by atoms with Crippen LogP contribution in [0.25, 0.3) is 0 Å². The number of rotatable bonds is 1. The molecule has 2 aliphatic rings. The van der Waals surface area contributed by atoms with E-state index in [1.54, 1.807) is 31.3 Å². The van der Waals surface area contributed by atoms with Crippen LogP contribution in [0.4, 0.5) is 5.82 Å². The largest absolute Gasteiger partial charge is 0.508 e. The van der Waals surface area contributed by atoms with E-state index in [2.05, 4.69) is 4.99 Å². The number of Topliss-reactive ketones (excluding diaryl/α,β-unsaturated/α-hetero) is 1. The van der Waals surface area contributed by atoms with Crippen molar-refractivity contribution in [3.63, 3.8) is 0 Å². The van der Waals surface area contributed by atoms with E-state index >= 15 is 0 Å². The summed E-state index contributed by atoms with van der Waals surface area (Å²) in [4.78, 5) is 43.6. The Morgan fingerprint density at radius 2 is 1.52 bits per heavy atom. The molecular formula is C22H17N3O4. The summed E-state index contributed by atoms with van der Waals surface area (Å²) in [5, 5.41) is 9.71. The molecule has 0 fully saturated rings. The average Bonchev–Trinajstić information content (AvgIpc) is 3.02. The normalized spacial score (nSPS) is 19.4. The number of benzene rings is 2. The topological polar surface area (TPSA) is 93.7 Å². The number of hydrogen-bond donors (Lipinski definition) is 1. The highest BCUT2D eigenvalue weighted by atomic mass is 16.3. The van der Waals surface area contributed by atoms with Gasteiger partial charge in [-0.1, -0.05) is 36.4 Å². The number of phenolic OH excluding ortho intramolecular Hbond substituents is 1. The molecule has 2 atom stereocenters. The van der Waals surface area contributed by atoms with Crippen LogP contribution in [0.15, 0.2) is 63.1 Å². The number of aromatic hydroxyl groups is 1. The van der Waals surface area contributed by atoms with Gasteiger partial charge in [0.25, 0.3) is 5.56 Å². The Balaban J connectivity index is 1.90. The van der Waals surface area contributed by atoms with E-state index in [4.69, 9.17) is 0 Å². The summed E-state index contributed by atoms with van der Waals surface area (Å²) in [6.45, 7) is 0. The molecule has 144 valence electrons. The van der Waals surface area contributed by atoms with Crippen molar-refractivity contribution in [2.24, 2.45) is 25.0 Å². The van der Waals surface area contributed by atoms with Gasteiger partial charge >= 0.3 is 5.69 Å². The Hall–Kier alpha value is -3.74. The fourth-order valence-electron chi connectivity index (χ4n) is 4.41. The summed E-state index contributed by atoms with van der Waals surface area (Å²) in [6, 6.07) is 13.7. The Kier molecular flexibility index (Phi) is 3.52. The Morgan fingerprint density at radius 1 is 0.862 bits per heavy atom. The predicted molar refractivity (Wildman–Crippen MR) is 107 cm³/mol. The number of carbonyl (C=O) groups excluding carboxylic acids is 1. The zero-order chi connectivity index (χ0) is 20.4. The quantitative estimate of drug-likeness (QED) is 0.690. The molecule has 0 radical (unpaired) electrons. The third kappa shape index (κ3) is 2.24. The lowest BCUT2D eigenvalue weighted by molar-refractivity contribution is 0.0953. The molecule has 0 saturated carbocycles. The van der Waals surface area contributed by atoms with Gasteiger partial charge in [-0.05, 0) is 17.7 Å². The molecule has 2 heterocycles. The van der Waals surface area contributed by atoms with Crippen molar-refractivity contribution >= 4 is 17.3 Å². The first-order chi connectivity index (χ1) is 13.9. The summed E-state index contributed by atoms with van der Waals surface area (Å²) < 4.78 is 2.39. The van der Waals surface area contributed by atoms with Crippen molar-refractivity contribution in [3.8, 4) is 5.75 Å². The molecule has 0 spiro atoms. The molecule has 1 aromatic heterocycles. The van der Waals surface area contributed by atoms with E-state index in [-0.39, 0.29) is 17.4 Å². The SMILES string of the molecule is Cn1c2c(c(=O)n(C)c1=O)[C@@H](c1ccc(O)cc1)[C@@H]1C(=O)c3ccccc3C1=N2. The fourth-order valence-corrected chi connectivity index (χ4v) is 4.41. The number of fused-ring (bicyclic) bond motifs is 4. The van der Waals surface area contributed by atoms with Crippen LogP contribution < -0.4 is 11.2 Å². The van der Waals surface area contributed by atoms with Crippen molar-refractivity contribution in [3.05, 3.63) is 91.6 Å². The molecule has 7 nitrogen and oxygen atoms in total. The first kappa shape index (κ1) is 17.4. The molecule has 1 N–H and O–H groups in total. The zero-order valence-corrected chi connectivity index (χ0v) is 15.8. The first-order valence-electron chi connectivity index (χ1n) is 9.21. The van der Waals surface area contributed by atoms with Crippen LogP contribution in [0, 0.1) is 5.92 Å². The highest BCUT2D eigenvalue weighted by Gasteiger charge is 2.47. The van der Waals surface area contributed by atoms with Crippen LogP contribution in [-0.4, -0.2) is 25.7 Å². The molecule has 0 amide bonds. The van der Waals surface area contributed by atoms with Crippen molar-refractivity contribution in [2.75, 3.05) is 0 Å². The van der Waals surface area contributed by atoms with Gasteiger partial charge in [0, 0.05) is 31.1 Å². The number of phenols is 1. The Morgan fingerprint density at radius 3 is 2.21 bits per heavy atom. The maximum atomic E-state index is 13.3. The minimum absolute atomic E-state index is 0.0908. The molecule has 3 aromatic rings. The highest BCUT2D eigenvalue weighted by Crippen LogP contribution is 2.46. The lowest BCUT2D eigenvalue weighted by atomic mass is 9.76. The van der Waals surface area contributed by atoms with E-state index < -0.39 is 23.1 Å². The smallest absolute Gasteiger partial charge is 0.332 e. The third-order valence-corrected chi connectivity index (χ3v) is 5.84. The van der Waals surface area contributed by atoms with Gasteiger partial charge in [-0.25, -0.2) is 9.79 Å². The van der Waals surface area contributed by atoms with Crippen LogP contribution in [0.1, 0.15) is 33.0 Å². The van der Waals surface area contributed by atoms with Gasteiger partial charge in [0.15, 0.2) is 5.78 Å². The van der Waals surface area contributed by atoms with E-state index in [1.807, 2.05) is 12.1 Å². The van der Waals surface area contributed by atoms with E-state index in [1.165, 1.54) is 23.7 Å². The van der Waals surface area contributed by atoms with Gasteiger partial charge in [0.05, 0.1) is 17.2 Å². The van der Waals surface area contributed by atoms with Crippen LogP contribution in [0.3, 0.4) is 0 Å². The van der Waals surface area contributed by atoms with Crippen LogP contribution in [-0.2, 0) is 14.1 Å². The van der Waals surface area contributed by atoms with Crippen molar-refractivity contribution in [1.29, 1.82) is 0 Å². The van der Waals surface area contributed by atoms with Crippen LogP contribution in [0.2, 0.25) is 0 Å². The zero-order valence-electron chi connectivity index (χ0n) is 15.8. The van der Waals surface area contributed by atoms with Crippen molar-refractivity contribution in [1.82, 2.24) is 9.13 Å². The maximum absolute atomic E-state index is 13.3. The number of ketones is 1. The number of nitrogens with zero attached hydrogens (tertiary/aromatic N) is 3. The van der Waals surface area contributed by atoms with Crippen LogP contribution >= 0.6 is 0 Å². The molecule has 5 rings (SSSR count).